The Hall–Kier alpha value is -2.21. The van der Waals surface area contributed by atoms with Crippen LogP contribution in [0.15, 0.2) is 30.3 Å². The van der Waals surface area contributed by atoms with Crippen molar-refractivity contribution in [1.82, 2.24) is 10.6 Å². The molecular formula is C17H25N3O3. The molecular weight excluding hydrogens is 294 g/mol. The van der Waals surface area contributed by atoms with Gasteiger partial charge in [-0.05, 0) is 24.3 Å². The Morgan fingerprint density at radius 1 is 1.22 bits per heavy atom. The first-order valence-corrected chi connectivity index (χ1v) is 7.74. The van der Waals surface area contributed by atoms with Crippen LogP contribution in [0, 0.1) is 5.92 Å². The van der Waals surface area contributed by atoms with Crippen LogP contribution in [0.25, 0.3) is 0 Å². The van der Waals surface area contributed by atoms with Crippen LogP contribution in [0.4, 0.5) is 0 Å². The molecule has 0 aliphatic rings. The summed E-state index contributed by atoms with van der Waals surface area (Å²) >= 11 is 0. The van der Waals surface area contributed by atoms with Crippen LogP contribution in [-0.4, -0.2) is 36.7 Å². The zero-order valence-corrected chi connectivity index (χ0v) is 13.6. The molecule has 126 valence electrons. The van der Waals surface area contributed by atoms with E-state index in [1.165, 1.54) is 0 Å². The second kappa shape index (κ2) is 9.74. The molecule has 2 atom stereocenters. The number of hydrogen-bond acceptors (Lipinski definition) is 4. The fourth-order valence-electron chi connectivity index (χ4n) is 2.17. The minimum Gasteiger partial charge on any atom is -0.346 e. The fourth-order valence-corrected chi connectivity index (χ4v) is 2.17. The minimum absolute atomic E-state index is 0.191. The van der Waals surface area contributed by atoms with E-state index in [1.807, 2.05) is 44.2 Å². The normalized spacial score (nSPS) is 13.2. The number of hydrogen-bond donors (Lipinski definition) is 3. The Morgan fingerprint density at radius 2 is 1.87 bits per heavy atom. The molecule has 2 amide bonds. The molecule has 0 radical (unpaired) electrons. The molecule has 0 aliphatic carbocycles. The van der Waals surface area contributed by atoms with Gasteiger partial charge in [0.25, 0.3) is 0 Å². The van der Waals surface area contributed by atoms with Crippen molar-refractivity contribution >= 4 is 18.1 Å². The topological polar surface area (TPSA) is 101 Å². The van der Waals surface area contributed by atoms with Gasteiger partial charge in [0.05, 0.1) is 18.6 Å². The highest BCUT2D eigenvalue weighted by Crippen LogP contribution is 2.03. The lowest BCUT2D eigenvalue weighted by Crippen LogP contribution is -2.47. The number of carbonyl (C=O) groups excluding carboxylic acids is 3. The average Bonchev–Trinajstić information content (AvgIpc) is 2.52. The third kappa shape index (κ3) is 7.56. The molecule has 0 fully saturated rings. The summed E-state index contributed by atoms with van der Waals surface area (Å²) in [5.74, 6) is -0.502. The molecule has 1 rings (SSSR count). The van der Waals surface area contributed by atoms with Crippen LogP contribution in [0.3, 0.4) is 0 Å². The first kappa shape index (κ1) is 18.8. The highest BCUT2D eigenvalue weighted by Gasteiger charge is 2.17. The van der Waals surface area contributed by atoms with Gasteiger partial charge in [0.15, 0.2) is 0 Å². The summed E-state index contributed by atoms with van der Waals surface area (Å²) in [7, 11) is 0. The molecule has 0 aliphatic heterocycles. The van der Waals surface area contributed by atoms with Crippen LogP contribution >= 0.6 is 0 Å². The maximum atomic E-state index is 11.9. The lowest BCUT2D eigenvalue weighted by Gasteiger charge is -2.16. The van der Waals surface area contributed by atoms with Gasteiger partial charge in [-0.15, -0.1) is 0 Å². The van der Waals surface area contributed by atoms with Gasteiger partial charge in [-0.3, -0.25) is 9.59 Å². The second-order valence-electron chi connectivity index (χ2n) is 5.95. The summed E-state index contributed by atoms with van der Waals surface area (Å²) in [4.78, 5) is 34.6. The smallest absolute Gasteiger partial charge is 0.239 e. The number of nitrogens with one attached hydrogen (secondary N) is 2. The molecule has 1 aromatic rings. The minimum atomic E-state index is -0.720. The van der Waals surface area contributed by atoms with E-state index in [1.54, 1.807) is 0 Å². The van der Waals surface area contributed by atoms with Gasteiger partial charge in [-0.25, -0.2) is 0 Å². The quantitative estimate of drug-likeness (QED) is 0.574. The van der Waals surface area contributed by atoms with E-state index in [0.29, 0.717) is 25.0 Å². The van der Waals surface area contributed by atoms with Gasteiger partial charge in [0.1, 0.15) is 6.29 Å². The van der Waals surface area contributed by atoms with Gasteiger partial charge in [0.2, 0.25) is 11.8 Å². The summed E-state index contributed by atoms with van der Waals surface area (Å²) in [6.07, 6.45) is 1.68. The zero-order valence-electron chi connectivity index (χ0n) is 13.6. The maximum Gasteiger partial charge on any atom is 0.239 e. The zero-order chi connectivity index (χ0) is 17.2. The molecule has 6 heteroatoms. The molecule has 0 aromatic heterocycles. The molecule has 1 unspecified atom stereocenters. The fraction of sp³-hybridized carbons (Fsp3) is 0.471. The monoisotopic (exact) mass is 319 g/mol. The van der Waals surface area contributed by atoms with E-state index < -0.39 is 23.9 Å². The van der Waals surface area contributed by atoms with E-state index >= 15 is 0 Å². The molecule has 4 N–H and O–H groups in total. The Morgan fingerprint density at radius 3 is 2.43 bits per heavy atom. The standard InChI is InChI=1S/C17H25N3O3/c1-12(2)8-14(11-21)20-16(22)10-19-17(23)15(18)9-13-6-4-3-5-7-13/h3-7,11-12,14-15H,8-10,18H2,1-2H3,(H,19,23)(H,20,22)/t14?,15-/m1/s1. The van der Waals surface area contributed by atoms with Crippen molar-refractivity contribution in [2.45, 2.75) is 38.8 Å². The summed E-state index contributed by atoms with van der Waals surface area (Å²) in [5, 5.41) is 5.07. The van der Waals surface area contributed by atoms with E-state index in [0.717, 1.165) is 5.56 Å². The van der Waals surface area contributed by atoms with Crippen molar-refractivity contribution in [3.8, 4) is 0 Å². The number of carbonyl (C=O) groups is 3. The molecule has 0 heterocycles. The second-order valence-corrected chi connectivity index (χ2v) is 5.95. The van der Waals surface area contributed by atoms with Gasteiger partial charge in [-0.2, -0.15) is 0 Å². The summed E-state index contributed by atoms with van der Waals surface area (Å²) < 4.78 is 0. The Labute approximate surface area is 136 Å². The highest BCUT2D eigenvalue weighted by molar-refractivity contribution is 5.88. The van der Waals surface area contributed by atoms with Crippen molar-refractivity contribution in [2.75, 3.05) is 6.54 Å². The maximum absolute atomic E-state index is 11.9. The molecule has 6 nitrogen and oxygen atoms in total. The first-order chi connectivity index (χ1) is 10.9. The largest absolute Gasteiger partial charge is 0.346 e. The summed E-state index contributed by atoms with van der Waals surface area (Å²) in [5.41, 5.74) is 6.78. The number of benzene rings is 1. The molecule has 0 bridgehead atoms. The third-order valence-electron chi connectivity index (χ3n) is 3.29. The van der Waals surface area contributed by atoms with E-state index in [-0.39, 0.29) is 6.54 Å². The van der Waals surface area contributed by atoms with Crippen LogP contribution < -0.4 is 16.4 Å². The van der Waals surface area contributed by atoms with Gasteiger partial charge < -0.3 is 21.2 Å². The lowest BCUT2D eigenvalue weighted by molar-refractivity contribution is -0.127. The van der Waals surface area contributed by atoms with Crippen LogP contribution in [0.1, 0.15) is 25.8 Å². The third-order valence-corrected chi connectivity index (χ3v) is 3.29. The molecule has 0 saturated heterocycles. The van der Waals surface area contributed by atoms with Gasteiger partial charge in [0, 0.05) is 0 Å². The molecule has 0 spiro atoms. The van der Waals surface area contributed by atoms with Crippen LogP contribution in [0.2, 0.25) is 0 Å². The lowest BCUT2D eigenvalue weighted by atomic mass is 10.0. The number of aldehydes is 1. The van der Waals surface area contributed by atoms with E-state index in [4.69, 9.17) is 5.73 Å². The van der Waals surface area contributed by atoms with Crippen molar-refractivity contribution in [2.24, 2.45) is 11.7 Å². The number of nitrogens with two attached hydrogens (primary N) is 1. The van der Waals surface area contributed by atoms with Crippen molar-refractivity contribution in [3.05, 3.63) is 35.9 Å². The Balaban J connectivity index is 2.36. The van der Waals surface area contributed by atoms with E-state index in [9.17, 15) is 14.4 Å². The molecule has 1 aromatic carbocycles. The Kier molecular flexibility index (Phi) is 7.97. The molecule has 0 saturated carbocycles. The summed E-state index contributed by atoms with van der Waals surface area (Å²) in [6, 6.07) is 8.17. The van der Waals surface area contributed by atoms with Crippen LogP contribution in [-0.2, 0) is 20.8 Å². The predicted molar refractivity (Wildman–Crippen MR) is 88.6 cm³/mol. The number of rotatable bonds is 9. The Bertz CT molecular complexity index is 517. The predicted octanol–water partition coefficient (Wildman–Crippen LogP) is 0.402. The average molecular weight is 319 g/mol. The van der Waals surface area contributed by atoms with Crippen molar-refractivity contribution in [3.63, 3.8) is 0 Å². The van der Waals surface area contributed by atoms with Crippen LogP contribution in [0.5, 0.6) is 0 Å². The summed E-state index contributed by atoms with van der Waals surface area (Å²) in [6.45, 7) is 3.74. The van der Waals surface area contributed by atoms with Crippen molar-refractivity contribution < 1.29 is 14.4 Å². The number of amides is 2. The van der Waals surface area contributed by atoms with Crippen molar-refractivity contribution in [1.29, 1.82) is 0 Å². The first-order valence-electron chi connectivity index (χ1n) is 7.74. The van der Waals surface area contributed by atoms with Gasteiger partial charge >= 0.3 is 0 Å². The highest BCUT2D eigenvalue weighted by atomic mass is 16.2. The SMILES string of the molecule is CC(C)CC(C=O)NC(=O)CNC(=O)[C@H](N)Cc1ccccc1. The van der Waals surface area contributed by atoms with E-state index in [2.05, 4.69) is 10.6 Å². The molecule has 23 heavy (non-hydrogen) atoms. The van der Waals surface area contributed by atoms with Gasteiger partial charge in [-0.1, -0.05) is 44.2 Å².